The van der Waals surface area contributed by atoms with E-state index in [-0.39, 0.29) is 5.91 Å². The molecule has 0 radical (unpaired) electrons. The maximum atomic E-state index is 12.8. The van der Waals surface area contributed by atoms with Gasteiger partial charge in [0.05, 0.1) is 4.88 Å². The molecule has 0 spiro atoms. The van der Waals surface area contributed by atoms with Crippen molar-refractivity contribution in [3.8, 4) is 0 Å². The third-order valence-corrected chi connectivity index (χ3v) is 4.72. The van der Waals surface area contributed by atoms with Crippen LogP contribution in [0.1, 0.15) is 54.3 Å². The van der Waals surface area contributed by atoms with Crippen LogP contribution >= 0.6 is 11.3 Å². The number of carbonyl (C=O) groups excluding carboxylic acids is 1. The Balaban J connectivity index is 2.18. The van der Waals surface area contributed by atoms with Gasteiger partial charge in [-0.15, -0.1) is 11.3 Å². The normalized spacial score (nSPS) is 19.1. The van der Waals surface area contributed by atoms with Gasteiger partial charge in [-0.2, -0.15) is 0 Å². The van der Waals surface area contributed by atoms with E-state index in [4.69, 9.17) is 5.11 Å². The average molecular weight is 307 g/mol. The molecule has 1 unspecified atom stereocenters. The van der Waals surface area contributed by atoms with Crippen LogP contribution < -0.4 is 0 Å². The van der Waals surface area contributed by atoms with Gasteiger partial charge in [-0.25, -0.2) is 4.79 Å². The molecular weight excluding hydrogens is 286 g/mol. The van der Waals surface area contributed by atoms with E-state index in [1.165, 1.54) is 23.8 Å². The first-order chi connectivity index (χ1) is 10.1. The van der Waals surface area contributed by atoms with Crippen LogP contribution in [0.25, 0.3) is 6.08 Å². The second-order valence-corrected chi connectivity index (χ2v) is 6.23. The highest BCUT2D eigenvalue weighted by Crippen LogP contribution is 2.27. The number of carbonyl (C=O) groups is 2. The van der Waals surface area contributed by atoms with Crippen LogP contribution in [0.4, 0.5) is 0 Å². The summed E-state index contributed by atoms with van der Waals surface area (Å²) in [5.74, 6) is -0.949. The Kier molecular flexibility index (Phi) is 5.56. The SMILES string of the molecule is CCCC1CCCCN1C(=O)c1sccc1/C=C/C(=O)O. The fraction of sp³-hybridized carbons (Fsp3) is 0.500. The smallest absolute Gasteiger partial charge is 0.328 e. The van der Waals surface area contributed by atoms with E-state index >= 15 is 0 Å². The van der Waals surface area contributed by atoms with Gasteiger partial charge in [0.25, 0.3) is 5.91 Å². The molecule has 1 amide bonds. The Morgan fingerprint density at radius 3 is 3.00 bits per heavy atom. The van der Waals surface area contributed by atoms with Crippen LogP contribution in [0.15, 0.2) is 17.5 Å². The van der Waals surface area contributed by atoms with Crippen LogP contribution in [-0.4, -0.2) is 34.5 Å². The number of carboxylic acid groups (broad SMARTS) is 1. The molecule has 2 heterocycles. The van der Waals surface area contributed by atoms with Gasteiger partial charge >= 0.3 is 5.97 Å². The molecule has 0 bridgehead atoms. The number of likely N-dealkylation sites (tertiary alicyclic amines) is 1. The number of thiophene rings is 1. The molecular formula is C16H21NO3S. The van der Waals surface area contributed by atoms with Crippen LogP contribution in [-0.2, 0) is 4.79 Å². The molecule has 0 aromatic carbocycles. The van der Waals surface area contributed by atoms with Crippen molar-refractivity contribution < 1.29 is 14.7 Å². The summed E-state index contributed by atoms with van der Waals surface area (Å²) in [6.07, 6.45) is 8.01. The molecule has 0 aliphatic carbocycles. The van der Waals surface area contributed by atoms with Crippen molar-refractivity contribution in [3.05, 3.63) is 28.0 Å². The van der Waals surface area contributed by atoms with Crippen molar-refractivity contribution in [2.24, 2.45) is 0 Å². The van der Waals surface area contributed by atoms with Crippen LogP contribution in [0.3, 0.4) is 0 Å². The lowest BCUT2D eigenvalue weighted by atomic mass is 9.98. The Morgan fingerprint density at radius 1 is 1.48 bits per heavy atom. The first-order valence-corrected chi connectivity index (χ1v) is 8.31. The molecule has 1 aromatic rings. The molecule has 5 heteroatoms. The minimum absolute atomic E-state index is 0.0492. The summed E-state index contributed by atoms with van der Waals surface area (Å²) in [6.45, 7) is 2.95. The van der Waals surface area contributed by atoms with Crippen molar-refractivity contribution in [1.82, 2.24) is 4.90 Å². The average Bonchev–Trinajstić information content (AvgIpc) is 2.94. The van der Waals surface area contributed by atoms with Gasteiger partial charge in [0, 0.05) is 18.7 Å². The molecule has 1 fully saturated rings. The van der Waals surface area contributed by atoms with E-state index < -0.39 is 5.97 Å². The van der Waals surface area contributed by atoms with Gasteiger partial charge in [0.15, 0.2) is 0 Å². The lowest BCUT2D eigenvalue weighted by Crippen LogP contribution is -2.43. The minimum atomic E-state index is -0.999. The zero-order chi connectivity index (χ0) is 15.2. The van der Waals surface area contributed by atoms with Gasteiger partial charge in [0.1, 0.15) is 0 Å². The highest BCUT2D eigenvalue weighted by molar-refractivity contribution is 7.12. The molecule has 4 nitrogen and oxygen atoms in total. The van der Waals surface area contributed by atoms with Crippen LogP contribution in [0, 0.1) is 0 Å². The summed E-state index contributed by atoms with van der Waals surface area (Å²) in [4.78, 5) is 26.0. The fourth-order valence-corrected chi connectivity index (χ4v) is 3.66. The molecule has 1 aliphatic rings. The molecule has 0 saturated carbocycles. The van der Waals surface area contributed by atoms with E-state index in [0.29, 0.717) is 16.5 Å². The van der Waals surface area contributed by atoms with Gasteiger partial charge < -0.3 is 10.0 Å². The van der Waals surface area contributed by atoms with Gasteiger partial charge in [-0.1, -0.05) is 13.3 Å². The number of aliphatic carboxylic acids is 1. The van der Waals surface area contributed by atoms with E-state index in [9.17, 15) is 9.59 Å². The van der Waals surface area contributed by atoms with Gasteiger partial charge in [-0.3, -0.25) is 4.79 Å². The zero-order valence-electron chi connectivity index (χ0n) is 12.2. The maximum absolute atomic E-state index is 12.8. The van der Waals surface area contributed by atoms with E-state index in [1.54, 1.807) is 6.07 Å². The molecule has 2 rings (SSSR count). The highest BCUT2D eigenvalue weighted by Gasteiger charge is 2.28. The van der Waals surface area contributed by atoms with Crippen LogP contribution in [0.2, 0.25) is 0 Å². The van der Waals surface area contributed by atoms with Crippen LogP contribution in [0.5, 0.6) is 0 Å². The van der Waals surface area contributed by atoms with Crippen molar-refractivity contribution in [1.29, 1.82) is 0 Å². The summed E-state index contributed by atoms with van der Waals surface area (Å²) in [7, 11) is 0. The third-order valence-electron chi connectivity index (χ3n) is 3.81. The topological polar surface area (TPSA) is 57.6 Å². The summed E-state index contributed by atoms with van der Waals surface area (Å²) < 4.78 is 0. The quantitative estimate of drug-likeness (QED) is 0.845. The Morgan fingerprint density at radius 2 is 2.29 bits per heavy atom. The maximum Gasteiger partial charge on any atom is 0.328 e. The Labute approximate surface area is 129 Å². The first-order valence-electron chi connectivity index (χ1n) is 7.43. The number of carboxylic acids is 1. The standard InChI is InChI=1S/C16H21NO3S/c1-2-5-13-6-3-4-10-17(13)16(20)15-12(9-11-21-15)7-8-14(18)19/h7-9,11,13H,2-6,10H2,1H3,(H,18,19)/b8-7+. The number of piperidine rings is 1. The molecule has 21 heavy (non-hydrogen) atoms. The van der Waals surface area contributed by atoms with E-state index in [0.717, 1.165) is 38.3 Å². The summed E-state index contributed by atoms with van der Waals surface area (Å²) >= 11 is 1.39. The fourth-order valence-electron chi connectivity index (χ4n) is 2.82. The number of hydrogen-bond acceptors (Lipinski definition) is 3. The molecule has 1 N–H and O–H groups in total. The first kappa shape index (κ1) is 15.8. The minimum Gasteiger partial charge on any atom is -0.478 e. The summed E-state index contributed by atoms with van der Waals surface area (Å²) in [6, 6.07) is 2.13. The molecule has 1 saturated heterocycles. The van der Waals surface area contributed by atoms with Crippen molar-refractivity contribution in [2.75, 3.05) is 6.54 Å². The van der Waals surface area contributed by atoms with Crippen molar-refractivity contribution in [3.63, 3.8) is 0 Å². The summed E-state index contributed by atoms with van der Waals surface area (Å²) in [5, 5.41) is 10.6. The lowest BCUT2D eigenvalue weighted by Gasteiger charge is -2.35. The predicted molar refractivity (Wildman–Crippen MR) is 84.6 cm³/mol. The number of nitrogens with zero attached hydrogens (tertiary/aromatic N) is 1. The highest BCUT2D eigenvalue weighted by atomic mass is 32.1. The predicted octanol–water partition coefficient (Wildman–Crippen LogP) is 3.64. The Bertz CT molecular complexity index is 533. The lowest BCUT2D eigenvalue weighted by molar-refractivity contribution is -0.131. The molecule has 1 aromatic heterocycles. The largest absolute Gasteiger partial charge is 0.478 e. The van der Waals surface area contributed by atoms with Gasteiger partial charge in [0.2, 0.25) is 0 Å². The second kappa shape index (κ2) is 7.41. The van der Waals surface area contributed by atoms with E-state index in [1.807, 2.05) is 10.3 Å². The molecule has 1 aliphatic heterocycles. The number of hydrogen-bond donors (Lipinski definition) is 1. The molecule has 1 atom stereocenters. The second-order valence-electron chi connectivity index (χ2n) is 5.31. The van der Waals surface area contributed by atoms with Gasteiger partial charge in [-0.05, 0) is 48.8 Å². The summed E-state index contributed by atoms with van der Waals surface area (Å²) in [5.41, 5.74) is 0.702. The number of amides is 1. The molecule has 114 valence electrons. The number of rotatable bonds is 5. The van der Waals surface area contributed by atoms with Crippen molar-refractivity contribution in [2.45, 2.75) is 45.1 Å². The van der Waals surface area contributed by atoms with Crippen molar-refractivity contribution >= 4 is 29.3 Å². The monoisotopic (exact) mass is 307 g/mol. The Hall–Kier alpha value is -1.62. The van der Waals surface area contributed by atoms with E-state index in [2.05, 4.69) is 6.92 Å². The third kappa shape index (κ3) is 3.94. The zero-order valence-corrected chi connectivity index (χ0v) is 13.1.